The number of nitrogens with zero attached hydrogens (tertiary/aromatic N) is 4. The zero-order valence-corrected chi connectivity index (χ0v) is 24.2. The topological polar surface area (TPSA) is 74.7 Å². The number of anilines is 4. The number of halogens is 1. The molecule has 0 bridgehead atoms. The van der Waals surface area contributed by atoms with E-state index in [0.717, 1.165) is 49.1 Å². The molecule has 5 rings (SSSR count). The van der Waals surface area contributed by atoms with Gasteiger partial charge < -0.3 is 29.7 Å². The number of pyridine rings is 1. The van der Waals surface area contributed by atoms with Crippen molar-refractivity contribution in [1.29, 1.82) is 0 Å². The molecule has 8 nitrogen and oxygen atoms in total. The molecule has 0 aliphatic carbocycles. The van der Waals surface area contributed by atoms with Gasteiger partial charge in [-0.3, -0.25) is 4.79 Å². The van der Waals surface area contributed by atoms with Crippen LogP contribution in [-0.2, 0) is 17.8 Å². The van der Waals surface area contributed by atoms with Gasteiger partial charge in [0.25, 0.3) is 0 Å². The molecular formula is C31H35ClN6O2. The highest BCUT2D eigenvalue weighted by molar-refractivity contribution is 6.33. The van der Waals surface area contributed by atoms with Crippen molar-refractivity contribution in [1.82, 2.24) is 14.5 Å². The van der Waals surface area contributed by atoms with Crippen LogP contribution < -0.4 is 20.3 Å². The van der Waals surface area contributed by atoms with Gasteiger partial charge in [-0.25, -0.2) is 4.98 Å². The second kappa shape index (κ2) is 11.6. The van der Waals surface area contributed by atoms with Crippen LogP contribution in [0.1, 0.15) is 12.0 Å². The number of carbonyl (C=O) groups is 1. The van der Waals surface area contributed by atoms with Crippen molar-refractivity contribution in [2.24, 2.45) is 0 Å². The Morgan fingerprint density at radius 2 is 2.00 bits per heavy atom. The van der Waals surface area contributed by atoms with E-state index in [9.17, 15) is 4.79 Å². The lowest BCUT2D eigenvalue weighted by Gasteiger charge is -2.26. The first-order valence-electron chi connectivity index (χ1n) is 13.3. The fourth-order valence-electron chi connectivity index (χ4n) is 5.19. The maximum Gasteiger partial charge on any atom is 0.247 e. The van der Waals surface area contributed by atoms with Crippen LogP contribution in [0.5, 0.6) is 5.75 Å². The van der Waals surface area contributed by atoms with Crippen molar-refractivity contribution in [3.05, 3.63) is 71.9 Å². The SMILES string of the molecule is C=CC(=O)Nc1cc(Nc2ccc(Cl)c(-c3cn4c5c(cccc35)CCC4)n2)c(OC)cc1N(C)CCN(C)C. The molecule has 4 aromatic rings. The summed E-state index contributed by atoms with van der Waals surface area (Å²) in [6.45, 7) is 6.20. The van der Waals surface area contributed by atoms with Crippen LogP contribution in [0.2, 0.25) is 5.02 Å². The van der Waals surface area contributed by atoms with Crippen LogP contribution in [0.15, 0.2) is 61.3 Å². The highest BCUT2D eigenvalue weighted by atomic mass is 35.5. The zero-order chi connectivity index (χ0) is 28.4. The van der Waals surface area contributed by atoms with E-state index in [0.29, 0.717) is 33.7 Å². The second-order valence-electron chi connectivity index (χ2n) is 10.3. The van der Waals surface area contributed by atoms with Crippen molar-refractivity contribution in [2.75, 3.05) is 56.9 Å². The minimum absolute atomic E-state index is 0.293. The summed E-state index contributed by atoms with van der Waals surface area (Å²) in [5.41, 5.74) is 6.48. The Balaban J connectivity index is 1.53. The summed E-state index contributed by atoms with van der Waals surface area (Å²) < 4.78 is 8.08. The Morgan fingerprint density at radius 3 is 2.75 bits per heavy atom. The number of aryl methyl sites for hydroxylation is 2. The van der Waals surface area contributed by atoms with Gasteiger partial charge in [-0.1, -0.05) is 36.4 Å². The Kier molecular flexibility index (Phi) is 8.00. The Hall–Kier alpha value is -4.01. The van der Waals surface area contributed by atoms with Crippen LogP contribution in [-0.4, -0.2) is 61.7 Å². The van der Waals surface area contributed by atoms with Crippen molar-refractivity contribution in [2.45, 2.75) is 19.4 Å². The molecule has 2 aromatic heterocycles. The third-order valence-corrected chi connectivity index (χ3v) is 7.55. The van der Waals surface area contributed by atoms with Gasteiger partial charge in [-0.05, 0) is 56.8 Å². The number of hydrogen-bond donors (Lipinski definition) is 2. The average Bonchev–Trinajstić information content (AvgIpc) is 3.33. The van der Waals surface area contributed by atoms with Crippen LogP contribution in [0, 0.1) is 0 Å². The molecule has 0 atom stereocenters. The summed E-state index contributed by atoms with van der Waals surface area (Å²) in [7, 11) is 7.67. The standard InChI is InChI=1S/C31H35ClN6O2/c1-6-29(39)34-24-17-25(27(40-5)18-26(24)37(4)16-15-36(2)3)33-28-13-12-23(32)30(35-28)22-19-38-14-8-10-20-9-7-11-21(22)31(20)38/h6-7,9,11-13,17-19H,1,8,10,14-16H2,2-5H3,(H,33,35)(H,34,39). The number of benzene rings is 2. The van der Waals surface area contributed by atoms with Gasteiger partial charge in [0.1, 0.15) is 11.6 Å². The lowest BCUT2D eigenvalue weighted by Crippen LogP contribution is -2.29. The lowest BCUT2D eigenvalue weighted by molar-refractivity contribution is -0.111. The molecule has 0 saturated carbocycles. The number of rotatable bonds is 10. The van der Waals surface area contributed by atoms with E-state index in [4.69, 9.17) is 21.3 Å². The number of methoxy groups -OCH3 is 1. The zero-order valence-electron chi connectivity index (χ0n) is 23.4. The van der Waals surface area contributed by atoms with E-state index in [1.807, 2.05) is 45.4 Å². The second-order valence-corrected chi connectivity index (χ2v) is 10.7. The fraction of sp³-hybridized carbons (Fsp3) is 0.290. The summed E-state index contributed by atoms with van der Waals surface area (Å²) in [5, 5.41) is 8.07. The molecule has 3 heterocycles. The quantitative estimate of drug-likeness (QED) is 0.226. The van der Waals surface area contributed by atoms with Gasteiger partial charge in [-0.2, -0.15) is 0 Å². The lowest BCUT2D eigenvalue weighted by atomic mass is 10.0. The van der Waals surface area contributed by atoms with Gasteiger partial charge in [-0.15, -0.1) is 0 Å². The number of nitrogens with one attached hydrogen (secondary N) is 2. The maximum atomic E-state index is 12.3. The third-order valence-electron chi connectivity index (χ3n) is 7.25. The maximum absolute atomic E-state index is 12.3. The molecule has 208 valence electrons. The minimum Gasteiger partial charge on any atom is -0.494 e. The van der Waals surface area contributed by atoms with E-state index < -0.39 is 0 Å². The molecule has 40 heavy (non-hydrogen) atoms. The molecule has 0 fully saturated rings. The van der Waals surface area contributed by atoms with Crippen LogP contribution in [0.25, 0.3) is 22.2 Å². The van der Waals surface area contributed by atoms with E-state index in [-0.39, 0.29) is 5.91 Å². The first-order chi connectivity index (χ1) is 19.3. The third kappa shape index (κ3) is 5.50. The van der Waals surface area contributed by atoms with Crippen molar-refractivity contribution in [3.63, 3.8) is 0 Å². The molecule has 1 aliphatic rings. The summed E-state index contributed by atoms with van der Waals surface area (Å²) in [6, 6.07) is 13.9. The van der Waals surface area contributed by atoms with Crippen LogP contribution >= 0.6 is 11.6 Å². The van der Waals surface area contributed by atoms with E-state index in [2.05, 4.69) is 56.0 Å². The van der Waals surface area contributed by atoms with E-state index >= 15 is 0 Å². The largest absolute Gasteiger partial charge is 0.494 e. The van der Waals surface area contributed by atoms with Gasteiger partial charge in [0.05, 0.1) is 40.4 Å². The predicted molar refractivity (Wildman–Crippen MR) is 165 cm³/mol. The molecule has 2 aromatic carbocycles. The first-order valence-corrected chi connectivity index (χ1v) is 13.7. The number of hydrogen-bond acceptors (Lipinski definition) is 6. The summed E-state index contributed by atoms with van der Waals surface area (Å²) >= 11 is 6.72. The molecule has 2 N–H and O–H groups in total. The molecule has 0 unspecified atom stereocenters. The molecule has 0 saturated heterocycles. The number of carbonyl (C=O) groups excluding carboxylic acids is 1. The molecule has 1 amide bonds. The van der Waals surface area contributed by atoms with E-state index in [1.165, 1.54) is 17.2 Å². The van der Waals surface area contributed by atoms with Crippen molar-refractivity contribution < 1.29 is 9.53 Å². The summed E-state index contributed by atoms with van der Waals surface area (Å²) in [4.78, 5) is 21.4. The number of likely N-dealkylation sites (N-methyl/N-ethyl adjacent to an activating group) is 2. The average molecular weight is 559 g/mol. The number of para-hydroxylation sites is 1. The molecule has 1 aliphatic heterocycles. The van der Waals surface area contributed by atoms with Crippen LogP contribution in [0.4, 0.5) is 22.9 Å². The van der Waals surface area contributed by atoms with E-state index in [1.54, 1.807) is 7.11 Å². The number of aromatic nitrogens is 2. The van der Waals surface area contributed by atoms with Crippen LogP contribution in [0.3, 0.4) is 0 Å². The van der Waals surface area contributed by atoms with Gasteiger partial charge >= 0.3 is 0 Å². The summed E-state index contributed by atoms with van der Waals surface area (Å²) in [6.07, 6.45) is 5.61. The normalized spacial score (nSPS) is 12.4. The minimum atomic E-state index is -0.293. The highest BCUT2D eigenvalue weighted by Gasteiger charge is 2.20. The Labute approximate surface area is 240 Å². The number of amides is 1. The molecule has 0 radical (unpaired) electrons. The summed E-state index contributed by atoms with van der Waals surface area (Å²) in [5.74, 6) is 0.937. The fourth-order valence-corrected chi connectivity index (χ4v) is 5.40. The predicted octanol–water partition coefficient (Wildman–Crippen LogP) is 6.18. The molecule has 0 spiro atoms. The van der Waals surface area contributed by atoms with Crippen molar-refractivity contribution in [3.8, 4) is 17.0 Å². The number of ether oxygens (including phenoxy) is 1. The monoisotopic (exact) mass is 558 g/mol. The first kappa shape index (κ1) is 27.6. The highest BCUT2D eigenvalue weighted by Crippen LogP contribution is 2.40. The van der Waals surface area contributed by atoms with Gasteiger partial charge in [0.15, 0.2) is 0 Å². The van der Waals surface area contributed by atoms with Gasteiger partial charge in [0.2, 0.25) is 5.91 Å². The Morgan fingerprint density at radius 1 is 1.18 bits per heavy atom. The van der Waals surface area contributed by atoms with Crippen molar-refractivity contribution >= 4 is 51.3 Å². The molecular weight excluding hydrogens is 524 g/mol. The van der Waals surface area contributed by atoms with Gasteiger partial charge in [0, 0.05) is 49.9 Å². The molecule has 9 heteroatoms. The Bertz CT molecular complexity index is 1580. The smallest absolute Gasteiger partial charge is 0.247 e.